The van der Waals surface area contributed by atoms with Crippen molar-refractivity contribution in [3.8, 4) is 11.4 Å². The van der Waals surface area contributed by atoms with Crippen LogP contribution < -0.4 is 0 Å². The quantitative estimate of drug-likeness (QED) is 0.799. The Balaban J connectivity index is 2.54. The second-order valence-corrected chi connectivity index (χ2v) is 4.09. The van der Waals surface area contributed by atoms with Crippen LogP contribution in [0.15, 0.2) is 28.7 Å². The van der Waals surface area contributed by atoms with Crippen molar-refractivity contribution in [3.63, 3.8) is 0 Å². The summed E-state index contributed by atoms with van der Waals surface area (Å²) in [5.74, 6) is 0.760. The standard InChI is InChI=1S/C9H7BrClN3/c1-14-8(12-9(11)13-14)6-3-2-4-7(10)5-6/h2-5H,1H3. The summed E-state index contributed by atoms with van der Waals surface area (Å²) in [5, 5.41) is 4.24. The third kappa shape index (κ3) is 1.81. The molecule has 1 heterocycles. The fourth-order valence-electron chi connectivity index (χ4n) is 1.23. The van der Waals surface area contributed by atoms with Crippen LogP contribution in [0.3, 0.4) is 0 Å². The average Bonchev–Trinajstić information content (AvgIpc) is 2.45. The number of halogens is 2. The number of nitrogens with zero attached hydrogens (tertiary/aromatic N) is 3. The average molecular weight is 273 g/mol. The molecule has 14 heavy (non-hydrogen) atoms. The molecular formula is C9H7BrClN3. The number of hydrogen-bond acceptors (Lipinski definition) is 2. The van der Waals surface area contributed by atoms with Crippen LogP contribution >= 0.6 is 27.5 Å². The van der Waals surface area contributed by atoms with E-state index in [1.807, 2.05) is 31.3 Å². The lowest BCUT2D eigenvalue weighted by Gasteiger charge is -1.99. The molecule has 0 unspecified atom stereocenters. The first kappa shape index (κ1) is 9.68. The minimum absolute atomic E-state index is 0.266. The van der Waals surface area contributed by atoms with Gasteiger partial charge in [0, 0.05) is 17.1 Å². The van der Waals surface area contributed by atoms with Crippen molar-refractivity contribution in [2.24, 2.45) is 7.05 Å². The summed E-state index contributed by atoms with van der Waals surface area (Å²) in [7, 11) is 1.81. The third-order valence-electron chi connectivity index (χ3n) is 1.82. The number of hydrogen-bond donors (Lipinski definition) is 0. The van der Waals surface area contributed by atoms with E-state index in [0.29, 0.717) is 0 Å². The van der Waals surface area contributed by atoms with Gasteiger partial charge in [0.05, 0.1) is 0 Å². The largest absolute Gasteiger partial charge is 0.247 e. The normalized spacial score (nSPS) is 10.5. The van der Waals surface area contributed by atoms with Crippen molar-refractivity contribution in [1.82, 2.24) is 14.8 Å². The van der Waals surface area contributed by atoms with Crippen molar-refractivity contribution in [2.75, 3.05) is 0 Å². The van der Waals surface area contributed by atoms with Crippen molar-refractivity contribution < 1.29 is 0 Å². The molecule has 5 heteroatoms. The van der Waals surface area contributed by atoms with E-state index in [-0.39, 0.29) is 5.28 Å². The predicted octanol–water partition coefficient (Wildman–Crippen LogP) is 2.90. The molecule has 0 bridgehead atoms. The molecule has 1 aromatic heterocycles. The minimum Gasteiger partial charge on any atom is -0.247 e. The minimum atomic E-state index is 0.266. The molecule has 0 saturated carbocycles. The van der Waals surface area contributed by atoms with Gasteiger partial charge >= 0.3 is 0 Å². The molecule has 72 valence electrons. The Morgan fingerprint density at radius 3 is 2.79 bits per heavy atom. The Bertz CT molecular complexity index is 467. The summed E-state index contributed by atoms with van der Waals surface area (Å²) >= 11 is 9.10. The van der Waals surface area contributed by atoms with E-state index in [1.54, 1.807) is 4.68 Å². The molecule has 0 aliphatic carbocycles. The number of aromatic nitrogens is 3. The van der Waals surface area contributed by atoms with Crippen LogP contribution in [-0.4, -0.2) is 14.8 Å². The lowest BCUT2D eigenvalue weighted by molar-refractivity contribution is 0.775. The lowest BCUT2D eigenvalue weighted by atomic mass is 10.2. The van der Waals surface area contributed by atoms with Gasteiger partial charge in [0.25, 0.3) is 0 Å². The van der Waals surface area contributed by atoms with E-state index in [2.05, 4.69) is 26.0 Å². The summed E-state index contributed by atoms with van der Waals surface area (Å²) in [6.07, 6.45) is 0. The SMILES string of the molecule is Cn1nc(Cl)nc1-c1cccc(Br)c1. The zero-order valence-corrected chi connectivity index (χ0v) is 9.75. The summed E-state index contributed by atoms with van der Waals surface area (Å²) < 4.78 is 2.67. The van der Waals surface area contributed by atoms with Crippen LogP contribution in [0.4, 0.5) is 0 Å². The summed E-state index contributed by atoms with van der Waals surface area (Å²) in [6.45, 7) is 0. The summed E-state index contributed by atoms with van der Waals surface area (Å²) in [4.78, 5) is 4.12. The second kappa shape index (κ2) is 3.71. The smallest absolute Gasteiger partial charge is 0.242 e. The Labute approximate surface area is 94.9 Å². The number of aryl methyl sites for hydroxylation is 1. The topological polar surface area (TPSA) is 30.7 Å². The molecule has 0 atom stereocenters. The van der Waals surface area contributed by atoms with Gasteiger partial charge in [-0.1, -0.05) is 28.1 Å². The molecule has 0 aliphatic rings. The molecule has 1 aromatic carbocycles. The van der Waals surface area contributed by atoms with E-state index in [4.69, 9.17) is 11.6 Å². The van der Waals surface area contributed by atoms with Gasteiger partial charge in [-0.3, -0.25) is 0 Å². The molecule has 0 fully saturated rings. The fourth-order valence-corrected chi connectivity index (χ4v) is 1.82. The molecule has 3 nitrogen and oxygen atoms in total. The van der Waals surface area contributed by atoms with Crippen LogP contribution in [0.5, 0.6) is 0 Å². The molecule has 0 N–H and O–H groups in total. The van der Waals surface area contributed by atoms with Crippen molar-refractivity contribution in [2.45, 2.75) is 0 Å². The molecular weight excluding hydrogens is 265 g/mol. The van der Waals surface area contributed by atoms with Gasteiger partial charge in [-0.2, -0.15) is 4.98 Å². The van der Waals surface area contributed by atoms with Gasteiger partial charge < -0.3 is 0 Å². The highest BCUT2D eigenvalue weighted by atomic mass is 79.9. The Morgan fingerprint density at radius 1 is 1.43 bits per heavy atom. The van der Waals surface area contributed by atoms with Gasteiger partial charge in [0.1, 0.15) is 0 Å². The van der Waals surface area contributed by atoms with Crippen molar-refractivity contribution >= 4 is 27.5 Å². The predicted molar refractivity (Wildman–Crippen MR) is 59.1 cm³/mol. The maximum Gasteiger partial charge on any atom is 0.242 e. The van der Waals surface area contributed by atoms with Gasteiger partial charge in [-0.25, -0.2) is 4.68 Å². The summed E-state index contributed by atoms with van der Waals surface area (Å²) in [6, 6.07) is 7.84. The first-order valence-corrected chi connectivity index (χ1v) is 5.16. The van der Waals surface area contributed by atoms with Crippen molar-refractivity contribution in [3.05, 3.63) is 34.0 Å². The van der Waals surface area contributed by atoms with Crippen LogP contribution in [0.25, 0.3) is 11.4 Å². The molecule has 0 saturated heterocycles. The molecule has 0 amide bonds. The van der Waals surface area contributed by atoms with Crippen LogP contribution in [0.2, 0.25) is 5.28 Å². The van der Waals surface area contributed by atoms with E-state index in [0.717, 1.165) is 15.9 Å². The highest BCUT2D eigenvalue weighted by Crippen LogP contribution is 2.21. The highest BCUT2D eigenvalue weighted by molar-refractivity contribution is 9.10. The first-order valence-electron chi connectivity index (χ1n) is 3.99. The molecule has 2 aromatic rings. The molecule has 0 radical (unpaired) electrons. The number of rotatable bonds is 1. The summed E-state index contributed by atoms with van der Waals surface area (Å²) in [5.41, 5.74) is 0.987. The van der Waals surface area contributed by atoms with Gasteiger partial charge in [-0.05, 0) is 23.7 Å². The van der Waals surface area contributed by atoms with E-state index in [1.165, 1.54) is 0 Å². The maximum atomic E-state index is 5.70. The van der Waals surface area contributed by atoms with Gasteiger partial charge in [-0.15, -0.1) is 5.10 Å². The Hall–Kier alpha value is -0.870. The van der Waals surface area contributed by atoms with Gasteiger partial charge in [0.2, 0.25) is 5.28 Å². The Kier molecular flexibility index (Phi) is 2.56. The number of benzene rings is 1. The van der Waals surface area contributed by atoms with E-state index < -0.39 is 0 Å². The van der Waals surface area contributed by atoms with Crippen LogP contribution in [0.1, 0.15) is 0 Å². The zero-order chi connectivity index (χ0) is 10.1. The highest BCUT2D eigenvalue weighted by Gasteiger charge is 2.07. The molecule has 0 spiro atoms. The van der Waals surface area contributed by atoms with Gasteiger partial charge in [0.15, 0.2) is 5.82 Å². The first-order chi connectivity index (χ1) is 6.66. The zero-order valence-electron chi connectivity index (χ0n) is 7.41. The monoisotopic (exact) mass is 271 g/mol. The lowest BCUT2D eigenvalue weighted by Crippen LogP contribution is -1.93. The maximum absolute atomic E-state index is 5.70. The van der Waals surface area contributed by atoms with Crippen LogP contribution in [-0.2, 0) is 7.05 Å². The molecule has 2 rings (SSSR count). The fraction of sp³-hybridized carbons (Fsp3) is 0.111. The second-order valence-electron chi connectivity index (χ2n) is 2.84. The van der Waals surface area contributed by atoms with E-state index in [9.17, 15) is 0 Å². The van der Waals surface area contributed by atoms with Crippen LogP contribution in [0, 0.1) is 0 Å². The third-order valence-corrected chi connectivity index (χ3v) is 2.47. The molecule has 0 aliphatic heterocycles. The van der Waals surface area contributed by atoms with E-state index >= 15 is 0 Å². The van der Waals surface area contributed by atoms with Crippen molar-refractivity contribution in [1.29, 1.82) is 0 Å². The Morgan fingerprint density at radius 2 is 2.21 bits per heavy atom.